The van der Waals surface area contributed by atoms with Crippen LogP contribution in [0.2, 0.25) is 0 Å². The van der Waals surface area contributed by atoms with Gasteiger partial charge in [0.1, 0.15) is 11.5 Å². The number of hydrogen-bond acceptors (Lipinski definition) is 4. The van der Waals surface area contributed by atoms with E-state index in [1.807, 2.05) is 32.3 Å². The lowest BCUT2D eigenvalue weighted by molar-refractivity contribution is -0.144. The molecular formula is C24H18BF12NO3. The summed E-state index contributed by atoms with van der Waals surface area (Å²) < 4.78 is 162. The summed E-state index contributed by atoms with van der Waals surface area (Å²) in [6.07, 6.45) is -21.1. The van der Waals surface area contributed by atoms with Crippen LogP contribution in [0, 0.1) is 0 Å². The summed E-state index contributed by atoms with van der Waals surface area (Å²) in [5.41, 5.74) is -6.17. The van der Waals surface area contributed by atoms with E-state index in [2.05, 4.69) is 26.3 Å². The highest BCUT2D eigenvalue weighted by molar-refractivity contribution is 6.36. The zero-order valence-corrected chi connectivity index (χ0v) is 20.7. The zero-order chi connectivity index (χ0) is 31.4. The standard InChI is InChI=1S/C16H7BF12O3.C8H11N/c18-13(19,20)7-1-8(14(21,22)23)4-11(3-7)31-17(30)32-12-5-9(15(24,25)26)2-10(6-12)16(27,28)29;1-9(2)8-6-4-3-5-7-8/h1-6,30H;3-7H,1-2H3. The second-order valence-corrected chi connectivity index (χ2v) is 8.26. The Morgan fingerprint density at radius 3 is 1.05 bits per heavy atom. The second kappa shape index (κ2) is 12.4. The fraction of sp³-hybridized carbons (Fsp3) is 0.250. The molecule has 224 valence electrons. The number of benzene rings is 3. The number of alkyl halides is 12. The molecule has 0 spiro atoms. The lowest BCUT2D eigenvalue weighted by Gasteiger charge is -2.17. The SMILES string of the molecule is CN(C)c1ccccc1.OB(Oc1cc(C(F)(F)F)cc(C(F)(F)F)c1)Oc1cc(C(F)(F)F)cc(C(F)(F)F)c1. The minimum atomic E-state index is -5.28. The molecule has 0 unspecified atom stereocenters. The van der Waals surface area contributed by atoms with Gasteiger partial charge in [0, 0.05) is 19.8 Å². The Morgan fingerprint density at radius 1 is 0.537 bits per heavy atom. The summed E-state index contributed by atoms with van der Waals surface area (Å²) in [6.45, 7) is 0. The average Bonchev–Trinajstić information content (AvgIpc) is 2.82. The third-order valence-electron chi connectivity index (χ3n) is 4.87. The van der Waals surface area contributed by atoms with E-state index in [4.69, 9.17) is 0 Å². The van der Waals surface area contributed by atoms with Crippen LogP contribution in [0.5, 0.6) is 11.5 Å². The van der Waals surface area contributed by atoms with Crippen LogP contribution < -0.4 is 14.2 Å². The number of halogens is 12. The Morgan fingerprint density at radius 2 is 0.829 bits per heavy atom. The highest BCUT2D eigenvalue weighted by Crippen LogP contribution is 2.40. The minimum absolute atomic E-state index is 0.00903. The quantitative estimate of drug-likeness (QED) is 0.236. The van der Waals surface area contributed by atoms with Crippen LogP contribution in [0.3, 0.4) is 0 Å². The van der Waals surface area contributed by atoms with Gasteiger partial charge < -0.3 is 19.2 Å². The molecule has 0 aliphatic rings. The molecule has 0 radical (unpaired) electrons. The van der Waals surface area contributed by atoms with Gasteiger partial charge in [-0.1, -0.05) is 18.2 Å². The Labute approximate surface area is 224 Å². The Bertz CT molecular complexity index is 1150. The molecule has 1 N–H and O–H groups in total. The molecule has 0 atom stereocenters. The third kappa shape index (κ3) is 10.3. The number of rotatable bonds is 5. The molecule has 0 saturated heterocycles. The van der Waals surface area contributed by atoms with Crippen molar-refractivity contribution in [2.24, 2.45) is 0 Å². The molecule has 3 rings (SSSR count). The largest absolute Gasteiger partial charge is 0.785 e. The molecule has 0 aliphatic heterocycles. The predicted molar refractivity (Wildman–Crippen MR) is 123 cm³/mol. The van der Waals surface area contributed by atoms with E-state index in [-0.39, 0.29) is 36.4 Å². The monoisotopic (exact) mass is 607 g/mol. The van der Waals surface area contributed by atoms with E-state index in [0.717, 1.165) is 0 Å². The summed E-state index contributed by atoms with van der Waals surface area (Å²) in [5, 5.41) is 9.56. The van der Waals surface area contributed by atoms with Gasteiger partial charge in [-0.05, 0) is 48.5 Å². The van der Waals surface area contributed by atoms with Gasteiger partial charge in [-0.25, -0.2) is 0 Å². The first kappa shape index (κ1) is 33.5. The van der Waals surface area contributed by atoms with E-state index in [1.54, 1.807) is 0 Å². The number of hydrogen-bond donors (Lipinski definition) is 1. The Balaban J connectivity index is 0.000000553. The molecule has 41 heavy (non-hydrogen) atoms. The zero-order valence-electron chi connectivity index (χ0n) is 20.7. The topological polar surface area (TPSA) is 41.9 Å². The predicted octanol–water partition coefficient (Wildman–Crippen LogP) is 7.95. The van der Waals surface area contributed by atoms with Crippen molar-refractivity contribution in [1.82, 2.24) is 0 Å². The van der Waals surface area contributed by atoms with Gasteiger partial charge in [0.25, 0.3) is 0 Å². The van der Waals surface area contributed by atoms with Gasteiger partial charge in [0.05, 0.1) is 22.3 Å². The van der Waals surface area contributed by atoms with Crippen LogP contribution in [0.25, 0.3) is 0 Å². The maximum absolute atomic E-state index is 12.8. The molecule has 0 bridgehead atoms. The number of anilines is 1. The lowest BCUT2D eigenvalue weighted by Crippen LogP contribution is -2.30. The maximum Gasteiger partial charge on any atom is 0.785 e. The van der Waals surface area contributed by atoms with Crippen molar-refractivity contribution in [1.29, 1.82) is 0 Å². The summed E-state index contributed by atoms with van der Waals surface area (Å²) in [6, 6.07) is 9.75. The molecule has 0 fully saturated rings. The van der Waals surface area contributed by atoms with Crippen molar-refractivity contribution in [3.05, 3.63) is 89.0 Å². The Kier molecular flexibility index (Phi) is 10.1. The highest BCUT2D eigenvalue weighted by atomic mass is 19.4. The minimum Gasteiger partial charge on any atom is -0.501 e. The van der Waals surface area contributed by atoms with Crippen LogP contribution in [0.4, 0.5) is 58.4 Å². The van der Waals surface area contributed by atoms with Crippen LogP contribution in [0.15, 0.2) is 66.7 Å². The van der Waals surface area contributed by atoms with Gasteiger partial charge in [0.15, 0.2) is 0 Å². The molecule has 0 aromatic heterocycles. The summed E-state index contributed by atoms with van der Waals surface area (Å²) >= 11 is 0. The first-order valence-corrected chi connectivity index (χ1v) is 10.9. The molecule has 0 saturated carbocycles. The van der Waals surface area contributed by atoms with Crippen molar-refractivity contribution >= 4 is 13.0 Å². The van der Waals surface area contributed by atoms with E-state index >= 15 is 0 Å². The van der Waals surface area contributed by atoms with Crippen molar-refractivity contribution in [3.8, 4) is 11.5 Å². The van der Waals surface area contributed by atoms with Gasteiger partial charge >= 0.3 is 32.0 Å². The van der Waals surface area contributed by atoms with Crippen LogP contribution in [0.1, 0.15) is 22.3 Å². The van der Waals surface area contributed by atoms with E-state index < -0.39 is 65.8 Å². The van der Waals surface area contributed by atoms with Gasteiger partial charge in [-0.2, -0.15) is 52.7 Å². The van der Waals surface area contributed by atoms with Crippen molar-refractivity contribution in [3.63, 3.8) is 0 Å². The summed E-state index contributed by atoms with van der Waals surface area (Å²) in [5.74, 6) is -2.55. The first-order chi connectivity index (χ1) is 18.6. The van der Waals surface area contributed by atoms with Crippen molar-refractivity contribution in [2.75, 3.05) is 19.0 Å². The van der Waals surface area contributed by atoms with Gasteiger partial charge in [0.2, 0.25) is 0 Å². The molecular weight excluding hydrogens is 589 g/mol. The molecule has 0 heterocycles. The highest BCUT2D eigenvalue weighted by Gasteiger charge is 2.39. The summed E-state index contributed by atoms with van der Waals surface area (Å²) in [4.78, 5) is 2.08. The van der Waals surface area contributed by atoms with Crippen molar-refractivity contribution < 1.29 is 67.0 Å². The van der Waals surface area contributed by atoms with Gasteiger partial charge in [-0.15, -0.1) is 0 Å². The lowest BCUT2D eigenvalue weighted by atomic mass is 10.1. The average molecular weight is 607 g/mol. The smallest absolute Gasteiger partial charge is 0.501 e. The summed E-state index contributed by atoms with van der Waals surface area (Å²) in [7, 11) is 1.20. The third-order valence-corrected chi connectivity index (χ3v) is 4.87. The molecule has 0 aliphatic carbocycles. The van der Waals surface area contributed by atoms with Crippen LogP contribution in [-0.4, -0.2) is 26.4 Å². The van der Waals surface area contributed by atoms with Gasteiger partial charge in [-0.3, -0.25) is 0 Å². The molecule has 4 nitrogen and oxygen atoms in total. The number of para-hydroxylation sites is 1. The van der Waals surface area contributed by atoms with E-state index in [9.17, 15) is 57.7 Å². The maximum atomic E-state index is 12.8. The first-order valence-electron chi connectivity index (χ1n) is 10.9. The van der Waals surface area contributed by atoms with E-state index in [1.165, 1.54) is 5.69 Å². The van der Waals surface area contributed by atoms with E-state index in [0.29, 0.717) is 0 Å². The fourth-order valence-corrected chi connectivity index (χ4v) is 2.97. The fourth-order valence-electron chi connectivity index (χ4n) is 2.97. The van der Waals surface area contributed by atoms with Crippen LogP contribution in [-0.2, 0) is 24.7 Å². The van der Waals surface area contributed by atoms with Crippen molar-refractivity contribution in [2.45, 2.75) is 24.7 Å². The second-order valence-electron chi connectivity index (χ2n) is 8.26. The molecule has 3 aromatic carbocycles. The van der Waals surface area contributed by atoms with Crippen LogP contribution >= 0.6 is 0 Å². The number of nitrogens with zero attached hydrogens (tertiary/aromatic N) is 1. The Hall–Kier alpha value is -3.76. The molecule has 17 heteroatoms. The molecule has 3 aromatic rings. The normalized spacial score (nSPS) is 12.3. The molecule has 0 amide bonds.